The Morgan fingerprint density at radius 3 is 2.62 bits per heavy atom. The Balaban J connectivity index is 1.69. The van der Waals surface area contributed by atoms with Crippen molar-refractivity contribution in [2.45, 2.75) is 25.6 Å². The number of nitrogens with zero attached hydrogens (tertiary/aromatic N) is 2. The molecule has 0 unspecified atom stereocenters. The highest BCUT2D eigenvalue weighted by Gasteiger charge is 2.19. The number of nitrogens with one attached hydrogen (secondary N) is 1. The van der Waals surface area contributed by atoms with E-state index in [0.29, 0.717) is 0 Å². The SMILES string of the molecule is COc1ccc([C@H](OC)[C@H](C)NCc2cnn3ccccc23)cc1. The quantitative estimate of drug-likeness (QED) is 0.725. The van der Waals surface area contributed by atoms with Crippen LogP contribution in [0.25, 0.3) is 5.52 Å². The third-order valence-electron chi connectivity index (χ3n) is 4.27. The number of fused-ring (bicyclic) bond motifs is 1. The van der Waals surface area contributed by atoms with E-state index in [9.17, 15) is 0 Å². The Kier molecular flexibility index (Phi) is 5.13. The molecular weight excluding hydrogens is 302 g/mol. The summed E-state index contributed by atoms with van der Waals surface area (Å²) in [6.45, 7) is 2.87. The molecule has 0 saturated heterocycles. The van der Waals surface area contributed by atoms with Crippen LogP contribution in [-0.4, -0.2) is 29.9 Å². The van der Waals surface area contributed by atoms with E-state index in [2.05, 4.69) is 23.4 Å². The van der Waals surface area contributed by atoms with E-state index in [1.807, 2.05) is 53.3 Å². The van der Waals surface area contributed by atoms with Crippen molar-refractivity contribution in [3.8, 4) is 5.75 Å². The van der Waals surface area contributed by atoms with Gasteiger partial charge in [0.2, 0.25) is 0 Å². The lowest BCUT2D eigenvalue weighted by Crippen LogP contribution is -2.32. The summed E-state index contributed by atoms with van der Waals surface area (Å²) in [4.78, 5) is 0. The second kappa shape index (κ2) is 7.47. The first kappa shape index (κ1) is 16.5. The fourth-order valence-corrected chi connectivity index (χ4v) is 2.92. The van der Waals surface area contributed by atoms with Crippen molar-refractivity contribution in [3.63, 3.8) is 0 Å². The molecule has 126 valence electrons. The molecule has 1 N–H and O–H groups in total. The van der Waals surface area contributed by atoms with E-state index in [4.69, 9.17) is 9.47 Å². The van der Waals surface area contributed by atoms with Crippen LogP contribution >= 0.6 is 0 Å². The van der Waals surface area contributed by atoms with Crippen molar-refractivity contribution in [2.75, 3.05) is 14.2 Å². The molecule has 0 aliphatic rings. The number of hydrogen-bond acceptors (Lipinski definition) is 4. The average molecular weight is 325 g/mol. The summed E-state index contributed by atoms with van der Waals surface area (Å²) in [6.07, 6.45) is 3.83. The van der Waals surface area contributed by atoms with Gasteiger partial charge < -0.3 is 14.8 Å². The van der Waals surface area contributed by atoms with Gasteiger partial charge in [-0.2, -0.15) is 5.10 Å². The van der Waals surface area contributed by atoms with Crippen molar-refractivity contribution in [1.82, 2.24) is 14.9 Å². The van der Waals surface area contributed by atoms with E-state index in [1.165, 1.54) is 5.56 Å². The molecule has 0 fully saturated rings. The summed E-state index contributed by atoms with van der Waals surface area (Å²) in [5.41, 5.74) is 3.42. The van der Waals surface area contributed by atoms with Crippen molar-refractivity contribution >= 4 is 5.52 Å². The minimum atomic E-state index is -0.0299. The van der Waals surface area contributed by atoms with Crippen LogP contribution in [0.4, 0.5) is 0 Å². The largest absolute Gasteiger partial charge is 0.497 e. The maximum absolute atomic E-state index is 5.70. The lowest BCUT2D eigenvalue weighted by atomic mass is 10.0. The molecular formula is C19H23N3O2. The standard InChI is InChI=1S/C19H23N3O2/c1-14(19(24-3)15-7-9-17(23-2)10-8-15)20-12-16-13-21-22-11-5-4-6-18(16)22/h4-11,13-14,19-20H,12H2,1-3H3/t14-,19+/m0/s1. The van der Waals surface area contributed by atoms with Crippen LogP contribution in [0.15, 0.2) is 54.9 Å². The van der Waals surface area contributed by atoms with E-state index in [-0.39, 0.29) is 12.1 Å². The van der Waals surface area contributed by atoms with Gasteiger partial charge in [-0.05, 0) is 36.8 Å². The fraction of sp³-hybridized carbons (Fsp3) is 0.316. The topological polar surface area (TPSA) is 47.8 Å². The van der Waals surface area contributed by atoms with Crippen molar-refractivity contribution in [2.24, 2.45) is 0 Å². The summed E-state index contributed by atoms with van der Waals surface area (Å²) in [6, 6.07) is 14.2. The van der Waals surface area contributed by atoms with Crippen molar-refractivity contribution in [3.05, 3.63) is 66.0 Å². The Hall–Kier alpha value is -2.37. The van der Waals surface area contributed by atoms with Gasteiger partial charge in [0.25, 0.3) is 0 Å². The molecule has 3 aromatic rings. The molecule has 0 bridgehead atoms. The van der Waals surface area contributed by atoms with E-state index in [0.717, 1.165) is 23.4 Å². The molecule has 5 heteroatoms. The van der Waals surface area contributed by atoms with Crippen LogP contribution in [0.5, 0.6) is 5.75 Å². The highest BCUT2D eigenvalue weighted by atomic mass is 16.5. The highest BCUT2D eigenvalue weighted by molar-refractivity contribution is 5.53. The highest BCUT2D eigenvalue weighted by Crippen LogP contribution is 2.23. The van der Waals surface area contributed by atoms with Gasteiger partial charge in [0.1, 0.15) is 5.75 Å². The normalized spacial score (nSPS) is 13.8. The number of benzene rings is 1. The molecule has 1 aromatic carbocycles. The zero-order valence-electron chi connectivity index (χ0n) is 14.3. The average Bonchev–Trinajstić information content (AvgIpc) is 3.04. The summed E-state index contributed by atoms with van der Waals surface area (Å²) in [5.74, 6) is 0.848. The van der Waals surface area contributed by atoms with E-state index < -0.39 is 0 Å². The summed E-state index contributed by atoms with van der Waals surface area (Å²) in [5, 5.41) is 7.92. The second-order valence-electron chi connectivity index (χ2n) is 5.80. The van der Waals surface area contributed by atoms with E-state index in [1.54, 1.807) is 14.2 Å². The summed E-state index contributed by atoms with van der Waals surface area (Å²) >= 11 is 0. The minimum absolute atomic E-state index is 0.0299. The first-order valence-corrected chi connectivity index (χ1v) is 8.04. The van der Waals surface area contributed by atoms with Crippen molar-refractivity contribution < 1.29 is 9.47 Å². The van der Waals surface area contributed by atoms with Crippen LogP contribution in [0.1, 0.15) is 24.2 Å². The van der Waals surface area contributed by atoms with Gasteiger partial charge in [0, 0.05) is 31.5 Å². The molecule has 0 saturated carbocycles. The Morgan fingerprint density at radius 2 is 1.92 bits per heavy atom. The molecule has 0 aliphatic carbocycles. The molecule has 2 atom stereocenters. The minimum Gasteiger partial charge on any atom is -0.497 e. The van der Waals surface area contributed by atoms with Crippen molar-refractivity contribution in [1.29, 1.82) is 0 Å². The van der Waals surface area contributed by atoms with Gasteiger partial charge in [-0.1, -0.05) is 18.2 Å². The maximum Gasteiger partial charge on any atom is 0.118 e. The monoisotopic (exact) mass is 325 g/mol. The predicted octanol–water partition coefficient (Wildman–Crippen LogP) is 3.21. The first-order chi connectivity index (χ1) is 11.7. The van der Waals surface area contributed by atoms with Gasteiger partial charge in [-0.25, -0.2) is 4.52 Å². The van der Waals surface area contributed by atoms with Crippen LogP contribution in [0.2, 0.25) is 0 Å². The molecule has 3 rings (SSSR count). The van der Waals surface area contributed by atoms with E-state index >= 15 is 0 Å². The van der Waals surface area contributed by atoms with Crippen LogP contribution in [-0.2, 0) is 11.3 Å². The Labute approximate surface area is 142 Å². The number of hydrogen-bond donors (Lipinski definition) is 1. The Morgan fingerprint density at radius 1 is 1.12 bits per heavy atom. The molecule has 5 nitrogen and oxygen atoms in total. The molecule has 2 heterocycles. The number of ether oxygens (including phenoxy) is 2. The molecule has 0 radical (unpaired) electrons. The second-order valence-corrected chi connectivity index (χ2v) is 5.80. The fourth-order valence-electron chi connectivity index (χ4n) is 2.92. The molecule has 0 spiro atoms. The third-order valence-corrected chi connectivity index (χ3v) is 4.27. The smallest absolute Gasteiger partial charge is 0.118 e. The Bertz CT molecular complexity index is 783. The van der Waals surface area contributed by atoms with Gasteiger partial charge in [-0.3, -0.25) is 0 Å². The molecule has 0 aliphatic heterocycles. The molecule has 0 amide bonds. The van der Waals surface area contributed by atoms with Gasteiger partial charge in [-0.15, -0.1) is 0 Å². The first-order valence-electron chi connectivity index (χ1n) is 8.04. The zero-order chi connectivity index (χ0) is 16.9. The summed E-state index contributed by atoms with van der Waals surface area (Å²) < 4.78 is 12.8. The third kappa shape index (κ3) is 3.42. The number of rotatable bonds is 7. The van der Waals surface area contributed by atoms with Crippen LogP contribution in [0, 0.1) is 0 Å². The zero-order valence-corrected chi connectivity index (χ0v) is 14.3. The number of pyridine rings is 1. The van der Waals surface area contributed by atoms with Crippen LogP contribution < -0.4 is 10.1 Å². The maximum atomic E-state index is 5.70. The predicted molar refractivity (Wildman–Crippen MR) is 94.2 cm³/mol. The molecule has 24 heavy (non-hydrogen) atoms. The van der Waals surface area contributed by atoms with Gasteiger partial charge in [0.05, 0.1) is 24.9 Å². The lowest BCUT2D eigenvalue weighted by molar-refractivity contribution is 0.0729. The number of methoxy groups -OCH3 is 2. The lowest BCUT2D eigenvalue weighted by Gasteiger charge is -2.24. The number of aromatic nitrogens is 2. The molecule has 2 aromatic heterocycles. The van der Waals surface area contributed by atoms with Gasteiger partial charge >= 0.3 is 0 Å². The summed E-state index contributed by atoms with van der Waals surface area (Å²) in [7, 11) is 3.41. The van der Waals surface area contributed by atoms with Crippen LogP contribution in [0.3, 0.4) is 0 Å². The van der Waals surface area contributed by atoms with Gasteiger partial charge in [0.15, 0.2) is 0 Å².